The van der Waals surface area contributed by atoms with E-state index in [2.05, 4.69) is 28.1 Å². The van der Waals surface area contributed by atoms with E-state index in [-0.39, 0.29) is 17.4 Å². The molecular formula is C37H48N8O4. The van der Waals surface area contributed by atoms with Crippen molar-refractivity contribution >= 4 is 40.5 Å². The zero-order chi connectivity index (χ0) is 34.9. The highest BCUT2D eigenvalue weighted by Crippen LogP contribution is 2.39. The topological polar surface area (TPSA) is 118 Å². The molecule has 2 aromatic heterocycles. The Bertz CT molecular complexity index is 1820. The lowest BCUT2D eigenvalue weighted by Gasteiger charge is -2.40. The SMILES string of the molecule is COc1ccc(Cn2nc(N3CCCc4c(C(=O)N(C)C)cccc43)c3ncc(N4CCC(C)(CNC(=O)OC(C)(C)C)CC4)nc32)cc1. The first-order valence-corrected chi connectivity index (χ1v) is 17.0. The minimum atomic E-state index is -0.531. The van der Waals surface area contributed by atoms with Gasteiger partial charge in [0.05, 0.1) is 19.9 Å². The van der Waals surface area contributed by atoms with E-state index in [4.69, 9.17) is 24.5 Å². The molecule has 0 saturated carbocycles. The number of methoxy groups -OCH3 is 1. The predicted octanol–water partition coefficient (Wildman–Crippen LogP) is 5.80. The van der Waals surface area contributed by atoms with Crippen LogP contribution in [0, 0.1) is 5.41 Å². The zero-order valence-corrected chi connectivity index (χ0v) is 29.7. The van der Waals surface area contributed by atoms with Crippen LogP contribution in [0.15, 0.2) is 48.7 Å². The Labute approximate surface area is 288 Å². The molecule has 2 aliphatic heterocycles. The Morgan fingerprint density at radius 2 is 1.78 bits per heavy atom. The number of nitrogens with zero attached hydrogens (tertiary/aromatic N) is 7. The normalized spacial score (nSPS) is 15.9. The number of hydrogen-bond donors (Lipinski definition) is 1. The van der Waals surface area contributed by atoms with E-state index in [0.717, 1.165) is 90.6 Å². The van der Waals surface area contributed by atoms with Crippen molar-refractivity contribution in [3.63, 3.8) is 0 Å². The minimum Gasteiger partial charge on any atom is -0.497 e. The summed E-state index contributed by atoms with van der Waals surface area (Å²) in [5.41, 5.74) is 4.64. The summed E-state index contributed by atoms with van der Waals surface area (Å²) in [7, 11) is 5.23. The number of fused-ring (bicyclic) bond motifs is 2. The number of rotatable bonds is 8. The molecule has 49 heavy (non-hydrogen) atoms. The van der Waals surface area contributed by atoms with Gasteiger partial charge in [0.25, 0.3) is 5.91 Å². The van der Waals surface area contributed by atoms with Gasteiger partial charge in [0, 0.05) is 51.5 Å². The highest BCUT2D eigenvalue weighted by Gasteiger charge is 2.33. The van der Waals surface area contributed by atoms with Crippen LogP contribution in [0.3, 0.4) is 0 Å². The molecule has 0 spiro atoms. The van der Waals surface area contributed by atoms with Crippen molar-refractivity contribution in [3.05, 3.63) is 65.4 Å². The molecule has 1 saturated heterocycles. The second-order valence-corrected chi connectivity index (χ2v) is 14.6. The lowest BCUT2D eigenvalue weighted by atomic mass is 9.80. The van der Waals surface area contributed by atoms with Crippen LogP contribution < -0.4 is 19.9 Å². The van der Waals surface area contributed by atoms with Gasteiger partial charge >= 0.3 is 6.09 Å². The molecule has 1 fully saturated rings. The van der Waals surface area contributed by atoms with Gasteiger partial charge in [-0.3, -0.25) is 4.79 Å². The second kappa shape index (κ2) is 13.6. The molecule has 12 heteroatoms. The van der Waals surface area contributed by atoms with Crippen LogP contribution in [0.4, 0.5) is 22.1 Å². The van der Waals surface area contributed by atoms with Crippen molar-refractivity contribution in [2.24, 2.45) is 5.41 Å². The number of aromatic nitrogens is 4. The Balaban J connectivity index is 1.30. The standard InChI is InChI=1S/C37H48N8O4/c1-36(2,3)49-35(47)39-24-37(4)17-20-43(21-18-37)30-22-38-31-32(40-30)45(23-25-13-15-26(48-7)16-14-25)41-33(31)44-19-9-11-27-28(34(46)42(5)6)10-8-12-29(27)44/h8,10,12-16,22H,9,11,17-21,23-24H2,1-7H3,(H,39,47). The van der Waals surface area contributed by atoms with Gasteiger partial charge in [-0.15, -0.1) is 0 Å². The molecule has 260 valence electrons. The molecule has 4 heterocycles. The van der Waals surface area contributed by atoms with Crippen molar-refractivity contribution in [2.45, 2.75) is 65.5 Å². The van der Waals surface area contributed by atoms with Gasteiger partial charge in [0.15, 0.2) is 17.0 Å². The van der Waals surface area contributed by atoms with Gasteiger partial charge in [-0.1, -0.05) is 25.1 Å². The molecule has 2 aliphatic rings. The Kier molecular flexibility index (Phi) is 9.41. The Morgan fingerprint density at radius 3 is 2.45 bits per heavy atom. The molecule has 0 bridgehead atoms. The number of anilines is 3. The Hall–Kier alpha value is -4.87. The van der Waals surface area contributed by atoms with E-state index < -0.39 is 5.60 Å². The van der Waals surface area contributed by atoms with Gasteiger partial charge in [0.1, 0.15) is 17.2 Å². The van der Waals surface area contributed by atoms with Gasteiger partial charge < -0.3 is 29.5 Å². The van der Waals surface area contributed by atoms with Crippen molar-refractivity contribution in [3.8, 4) is 5.75 Å². The third-order valence-electron chi connectivity index (χ3n) is 9.40. The van der Waals surface area contributed by atoms with Crippen LogP contribution in [0.2, 0.25) is 0 Å². The number of carbonyl (C=O) groups excluding carboxylic acids is 2. The smallest absolute Gasteiger partial charge is 0.407 e. The largest absolute Gasteiger partial charge is 0.497 e. The zero-order valence-electron chi connectivity index (χ0n) is 29.7. The molecule has 0 atom stereocenters. The molecule has 2 amide bonds. The first-order valence-electron chi connectivity index (χ1n) is 17.0. The van der Waals surface area contributed by atoms with E-state index in [1.807, 2.05) is 68.0 Å². The summed E-state index contributed by atoms with van der Waals surface area (Å²) in [6.45, 7) is 11.2. The third kappa shape index (κ3) is 7.42. The maximum Gasteiger partial charge on any atom is 0.407 e. The summed E-state index contributed by atoms with van der Waals surface area (Å²) in [6.07, 6.45) is 4.95. The van der Waals surface area contributed by atoms with E-state index in [1.165, 1.54) is 0 Å². The van der Waals surface area contributed by atoms with Gasteiger partial charge in [-0.05, 0) is 87.3 Å². The van der Waals surface area contributed by atoms with Crippen molar-refractivity contribution in [1.29, 1.82) is 0 Å². The number of hydrogen-bond acceptors (Lipinski definition) is 9. The fraction of sp³-hybridized carbons (Fsp3) is 0.486. The van der Waals surface area contributed by atoms with Gasteiger partial charge in [-0.25, -0.2) is 19.4 Å². The third-order valence-corrected chi connectivity index (χ3v) is 9.40. The van der Waals surface area contributed by atoms with Crippen molar-refractivity contribution < 1.29 is 19.1 Å². The summed E-state index contributed by atoms with van der Waals surface area (Å²) < 4.78 is 12.8. The van der Waals surface area contributed by atoms with Crippen molar-refractivity contribution in [1.82, 2.24) is 30.0 Å². The van der Waals surface area contributed by atoms with E-state index >= 15 is 0 Å². The van der Waals surface area contributed by atoms with Gasteiger partial charge in [-0.2, -0.15) is 5.10 Å². The molecule has 4 aromatic rings. The minimum absolute atomic E-state index is 0.00345. The summed E-state index contributed by atoms with van der Waals surface area (Å²) in [5.74, 6) is 2.33. The molecule has 6 rings (SSSR count). The molecule has 0 aliphatic carbocycles. The van der Waals surface area contributed by atoms with Crippen LogP contribution in [-0.2, 0) is 17.7 Å². The van der Waals surface area contributed by atoms with Crippen LogP contribution in [-0.4, -0.2) is 89.6 Å². The highest BCUT2D eigenvalue weighted by atomic mass is 16.6. The lowest BCUT2D eigenvalue weighted by Crippen LogP contribution is -2.46. The monoisotopic (exact) mass is 668 g/mol. The lowest BCUT2D eigenvalue weighted by molar-refractivity contribution is 0.0495. The number of alkyl carbamates (subject to hydrolysis) is 1. The molecule has 2 aromatic carbocycles. The number of benzene rings is 2. The summed E-state index contributed by atoms with van der Waals surface area (Å²) in [4.78, 5) is 41.7. The van der Waals surface area contributed by atoms with E-state index in [9.17, 15) is 9.59 Å². The fourth-order valence-electron chi connectivity index (χ4n) is 6.60. The summed E-state index contributed by atoms with van der Waals surface area (Å²) in [5, 5.41) is 8.12. The first-order chi connectivity index (χ1) is 23.3. The summed E-state index contributed by atoms with van der Waals surface area (Å²) in [6, 6.07) is 13.9. The molecule has 0 radical (unpaired) electrons. The fourth-order valence-corrected chi connectivity index (χ4v) is 6.60. The maximum absolute atomic E-state index is 13.1. The second-order valence-electron chi connectivity index (χ2n) is 14.6. The molecular weight excluding hydrogens is 620 g/mol. The summed E-state index contributed by atoms with van der Waals surface area (Å²) >= 11 is 0. The van der Waals surface area contributed by atoms with Crippen molar-refractivity contribution in [2.75, 3.05) is 57.2 Å². The van der Waals surface area contributed by atoms with E-state index in [0.29, 0.717) is 18.7 Å². The Morgan fingerprint density at radius 1 is 1.04 bits per heavy atom. The van der Waals surface area contributed by atoms with Gasteiger partial charge in [0.2, 0.25) is 0 Å². The number of piperidine rings is 1. The molecule has 1 N–H and O–H groups in total. The number of ether oxygens (including phenoxy) is 2. The van der Waals surface area contributed by atoms with Crippen LogP contribution in [0.5, 0.6) is 5.75 Å². The number of amides is 2. The molecule has 12 nitrogen and oxygen atoms in total. The van der Waals surface area contributed by atoms with Crippen LogP contribution in [0.25, 0.3) is 11.2 Å². The number of carbonyl (C=O) groups is 2. The van der Waals surface area contributed by atoms with E-state index in [1.54, 1.807) is 26.1 Å². The van der Waals surface area contributed by atoms with Crippen LogP contribution in [0.1, 0.15) is 68.4 Å². The predicted molar refractivity (Wildman–Crippen MR) is 191 cm³/mol. The number of nitrogens with one attached hydrogen (secondary N) is 1. The van der Waals surface area contributed by atoms with Crippen LogP contribution >= 0.6 is 0 Å². The quantitative estimate of drug-likeness (QED) is 0.249. The first kappa shape index (κ1) is 34.0. The average Bonchev–Trinajstić information content (AvgIpc) is 3.43. The molecule has 0 unspecified atom stereocenters. The maximum atomic E-state index is 13.1. The average molecular weight is 669 g/mol. The highest BCUT2D eigenvalue weighted by molar-refractivity contribution is 5.98.